The van der Waals surface area contributed by atoms with Crippen LogP contribution in [0.5, 0.6) is 0 Å². The Morgan fingerprint density at radius 1 is 1.35 bits per heavy atom. The lowest BCUT2D eigenvalue weighted by atomic mass is 10.2. The Balaban J connectivity index is 1.97. The molecule has 0 radical (unpaired) electrons. The van der Waals surface area contributed by atoms with Crippen molar-refractivity contribution >= 4 is 44.8 Å². The van der Waals surface area contributed by atoms with Crippen LogP contribution in [0.1, 0.15) is 15.2 Å². The van der Waals surface area contributed by atoms with Gasteiger partial charge in [-0.25, -0.2) is 0 Å². The summed E-state index contributed by atoms with van der Waals surface area (Å²) in [5.41, 5.74) is 1.22. The summed E-state index contributed by atoms with van der Waals surface area (Å²) in [6.45, 7) is 2.06. The van der Waals surface area contributed by atoms with Crippen molar-refractivity contribution in [3.63, 3.8) is 0 Å². The van der Waals surface area contributed by atoms with Crippen molar-refractivity contribution in [3.8, 4) is 0 Å². The predicted molar refractivity (Wildman–Crippen MR) is 78.3 cm³/mol. The van der Waals surface area contributed by atoms with E-state index in [1.54, 1.807) is 11.8 Å². The van der Waals surface area contributed by atoms with E-state index in [-0.39, 0.29) is 5.78 Å². The topological polar surface area (TPSA) is 17.1 Å². The van der Waals surface area contributed by atoms with Crippen molar-refractivity contribution in [1.29, 1.82) is 0 Å². The van der Waals surface area contributed by atoms with Crippen LogP contribution in [0.15, 0.2) is 45.1 Å². The zero-order valence-electron chi connectivity index (χ0n) is 9.27. The molecule has 0 aliphatic carbocycles. The van der Waals surface area contributed by atoms with Gasteiger partial charge >= 0.3 is 0 Å². The molecule has 1 aromatic heterocycles. The highest BCUT2D eigenvalue weighted by molar-refractivity contribution is 9.11. The number of carbonyl (C=O) groups is 1. The lowest BCUT2D eigenvalue weighted by Crippen LogP contribution is -1.98. The van der Waals surface area contributed by atoms with Crippen molar-refractivity contribution in [3.05, 3.63) is 50.6 Å². The maximum atomic E-state index is 11.9. The Kier molecular flexibility index (Phi) is 4.42. The van der Waals surface area contributed by atoms with Crippen LogP contribution < -0.4 is 0 Å². The average Bonchev–Trinajstić information content (AvgIpc) is 2.73. The maximum absolute atomic E-state index is 11.9. The Bertz CT molecular complexity index is 534. The van der Waals surface area contributed by atoms with Crippen LogP contribution in [0, 0.1) is 6.92 Å². The summed E-state index contributed by atoms with van der Waals surface area (Å²) in [5.74, 6) is 0.684. The summed E-state index contributed by atoms with van der Waals surface area (Å²) in [5, 5.41) is 0. The van der Waals surface area contributed by atoms with Gasteiger partial charge in [0, 0.05) is 4.90 Å². The predicted octanol–water partition coefficient (Wildman–Crippen LogP) is 4.79. The van der Waals surface area contributed by atoms with E-state index in [0.717, 1.165) is 13.6 Å². The Hall–Kier alpha value is -0.580. The maximum Gasteiger partial charge on any atom is 0.183 e. The molecule has 2 rings (SSSR count). The molecule has 0 saturated carbocycles. The van der Waals surface area contributed by atoms with Gasteiger partial charge in [0.05, 0.1) is 14.4 Å². The third-order valence-corrected chi connectivity index (χ3v) is 4.87. The molecular weight excluding hydrogens is 316 g/mol. The zero-order valence-corrected chi connectivity index (χ0v) is 12.5. The highest BCUT2D eigenvalue weighted by atomic mass is 79.9. The molecule has 0 bridgehead atoms. The third kappa shape index (κ3) is 3.69. The molecule has 1 aromatic carbocycles. The molecule has 0 amide bonds. The van der Waals surface area contributed by atoms with Gasteiger partial charge in [-0.15, -0.1) is 23.1 Å². The fourth-order valence-corrected chi connectivity index (χ4v) is 3.70. The molecule has 0 atom stereocenters. The minimum Gasteiger partial charge on any atom is -0.292 e. The Labute approximate surface area is 117 Å². The number of thiophene rings is 1. The SMILES string of the molecule is Cc1cccc(SCC(=O)c2ccc(Br)s2)c1. The summed E-state index contributed by atoms with van der Waals surface area (Å²) in [6, 6.07) is 12.0. The molecule has 17 heavy (non-hydrogen) atoms. The molecule has 88 valence electrons. The molecule has 4 heteroatoms. The fraction of sp³-hybridized carbons (Fsp3) is 0.154. The molecule has 1 heterocycles. The summed E-state index contributed by atoms with van der Waals surface area (Å²) in [6.07, 6.45) is 0. The number of Topliss-reactive ketones (excluding diaryl/α,β-unsaturated/α-hetero) is 1. The van der Waals surface area contributed by atoms with Crippen LogP contribution in [0.3, 0.4) is 0 Å². The van der Waals surface area contributed by atoms with Crippen molar-refractivity contribution in [2.45, 2.75) is 11.8 Å². The van der Waals surface area contributed by atoms with Crippen LogP contribution in [0.4, 0.5) is 0 Å². The molecule has 1 nitrogen and oxygen atoms in total. The summed E-state index contributed by atoms with van der Waals surface area (Å²) in [7, 11) is 0. The zero-order chi connectivity index (χ0) is 12.3. The number of hydrogen-bond acceptors (Lipinski definition) is 3. The van der Waals surface area contributed by atoms with Crippen molar-refractivity contribution in [1.82, 2.24) is 0 Å². The molecule has 0 aliphatic heterocycles. The number of benzene rings is 1. The first-order chi connectivity index (χ1) is 8.15. The van der Waals surface area contributed by atoms with Gasteiger partial charge in [-0.2, -0.15) is 0 Å². The van der Waals surface area contributed by atoms with E-state index in [2.05, 4.69) is 35.0 Å². The van der Waals surface area contributed by atoms with E-state index in [0.29, 0.717) is 5.75 Å². The number of aryl methyl sites for hydroxylation is 1. The quantitative estimate of drug-likeness (QED) is 0.593. The molecule has 0 spiro atoms. The second-order valence-corrected chi connectivity index (χ2v) is 7.14. The summed E-state index contributed by atoms with van der Waals surface area (Å²) in [4.78, 5) is 13.8. The van der Waals surface area contributed by atoms with Gasteiger partial charge in [0.25, 0.3) is 0 Å². The van der Waals surface area contributed by atoms with Gasteiger partial charge in [0.2, 0.25) is 0 Å². The number of thioether (sulfide) groups is 1. The molecule has 0 aliphatic rings. The minimum atomic E-state index is 0.187. The number of ketones is 1. The van der Waals surface area contributed by atoms with Crippen molar-refractivity contribution in [2.75, 3.05) is 5.75 Å². The second kappa shape index (κ2) is 5.85. The first kappa shape index (κ1) is 12.9. The largest absolute Gasteiger partial charge is 0.292 e. The fourth-order valence-electron chi connectivity index (χ4n) is 1.39. The highest BCUT2D eigenvalue weighted by Crippen LogP contribution is 2.25. The minimum absolute atomic E-state index is 0.187. The average molecular weight is 327 g/mol. The van der Waals surface area contributed by atoms with Crippen LogP contribution in [-0.4, -0.2) is 11.5 Å². The molecule has 0 fully saturated rings. The second-order valence-electron chi connectivity index (χ2n) is 3.63. The Morgan fingerprint density at radius 2 is 2.18 bits per heavy atom. The van der Waals surface area contributed by atoms with E-state index in [1.165, 1.54) is 16.9 Å². The van der Waals surface area contributed by atoms with Crippen molar-refractivity contribution < 1.29 is 4.79 Å². The van der Waals surface area contributed by atoms with Gasteiger partial charge in [-0.3, -0.25) is 4.79 Å². The molecular formula is C13H11BrOS2. The first-order valence-electron chi connectivity index (χ1n) is 5.13. The lowest BCUT2D eigenvalue weighted by molar-refractivity contribution is 0.102. The van der Waals surface area contributed by atoms with Gasteiger partial charge in [0.15, 0.2) is 5.78 Å². The highest BCUT2D eigenvalue weighted by Gasteiger charge is 2.09. The molecule has 0 unspecified atom stereocenters. The van der Waals surface area contributed by atoms with Crippen LogP contribution >= 0.6 is 39.0 Å². The third-order valence-electron chi connectivity index (χ3n) is 2.21. The van der Waals surface area contributed by atoms with E-state index < -0.39 is 0 Å². The molecule has 0 N–H and O–H groups in total. The van der Waals surface area contributed by atoms with E-state index in [1.807, 2.05) is 24.3 Å². The van der Waals surface area contributed by atoms with Crippen molar-refractivity contribution in [2.24, 2.45) is 0 Å². The van der Waals surface area contributed by atoms with Gasteiger partial charge < -0.3 is 0 Å². The number of carbonyl (C=O) groups excluding carboxylic acids is 1. The van der Waals surface area contributed by atoms with Crippen LogP contribution in [0.25, 0.3) is 0 Å². The normalized spacial score (nSPS) is 10.5. The van der Waals surface area contributed by atoms with Gasteiger partial charge in [-0.1, -0.05) is 17.7 Å². The first-order valence-corrected chi connectivity index (χ1v) is 7.72. The standard InChI is InChI=1S/C13H11BrOS2/c1-9-3-2-4-10(7-9)16-8-11(15)12-5-6-13(14)17-12/h2-7H,8H2,1H3. The lowest BCUT2D eigenvalue weighted by Gasteiger charge is -2.01. The van der Waals surface area contributed by atoms with Gasteiger partial charge in [-0.05, 0) is 47.1 Å². The number of hydrogen-bond donors (Lipinski definition) is 0. The number of halogens is 1. The van der Waals surface area contributed by atoms with E-state index >= 15 is 0 Å². The molecule has 0 saturated heterocycles. The number of rotatable bonds is 4. The summed E-state index contributed by atoms with van der Waals surface area (Å²) < 4.78 is 1.00. The van der Waals surface area contributed by atoms with E-state index in [4.69, 9.17) is 0 Å². The van der Waals surface area contributed by atoms with Crippen LogP contribution in [0.2, 0.25) is 0 Å². The smallest absolute Gasteiger partial charge is 0.183 e. The van der Waals surface area contributed by atoms with Crippen LogP contribution in [-0.2, 0) is 0 Å². The monoisotopic (exact) mass is 326 g/mol. The summed E-state index contributed by atoms with van der Waals surface area (Å²) >= 11 is 6.44. The molecule has 2 aromatic rings. The van der Waals surface area contributed by atoms with Gasteiger partial charge in [0.1, 0.15) is 0 Å². The Morgan fingerprint density at radius 3 is 2.82 bits per heavy atom. The van der Waals surface area contributed by atoms with E-state index in [9.17, 15) is 4.79 Å².